The van der Waals surface area contributed by atoms with Gasteiger partial charge in [-0.2, -0.15) is 0 Å². The molecule has 2 N–H and O–H groups in total. The second-order valence-electron chi connectivity index (χ2n) is 3.39. The molecule has 84 valence electrons. The fourth-order valence-corrected chi connectivity index (χ4v) is 3.28. The molecule has 0 aliphatic heterocycles. The number of carboxylic acids is 1. The molecule has 0 bridgehead atoms. The Morgan fingerprint density at radius 1 is 1.19 bits per heavy atom. The fraction of sp³-hybridized carbons (Fsp3) is 0.182. The highest BCUT2D eigenvalue weighted by Gasteiger charge is 2.36. The predicted molar refractivity (Wildman–Crippen MR) is 63.9 cm³/mol. The molecule has 0 saturated heterocycles. The summed E-state index contributed by atoms with van der Waals surface area (Å²) in [7, 11) is 0. The minimum Gasteiger partial charge on any atom is -0.481 e. The molecule has 0 atom stereocenters. The van der Waals surface area contributed by atoms with Crippen LogP contribution in [0, 0.1) is 0 Å². The van der Waals surface area contributed by atoms with E-state index in [2.05, 4.69) is 0 Å². The van der Waals surface area contributed by atoms with E-state index in [1.54, 1.807) is 24.3 Å². The number of carbonyl (C=O) groups is 1. The number of aliphatic hydroxyl groups is 1. The predicted octanol–water partition coefficient (Wildman–Crippen LogP) is 2.52. The van der Waals surface area contributed by atoms with E-state index in [4.69, 9.17) is 5.11 Å². The van der Waals surface area contributed by atoms with Crippen LogP contribution in [0.15, 0.2) is 35.0 Å². The van der Waals surface area contributed by atoms with Gasteiger partial charge < -0.3 is 10.2 Å². The summed E-state index contributed by atoms with van der Waals surface area (Å²) >= 11 is 2.73. The lowest BCUT2D eigenvalue weighted by Gasteiger charge is -2.23. The standard InChI is InChI=1S/C11H10O3S2/c12-10(13)7-11(14,8-3-1-5-15-8)9-4-2-6-16-9/h1-6,14H,7H2,(H,12,13). The third-order valence-corrected chi connectivity index (χ3v) is 4.31. The van der Waals surface area contributed by atoms with Gasteiger partial charge in [-0.05, 0) is 22.9 Å². The van der Waals surface area contributed by atoms with Gasteiger partial charge in [-0.15, -0.1) is 22.7 Å². The number of hydrogen-bond donors (Lipinski definition) is 2. The maximum absolute atomic E-state index is 10.9. The monoisotopic (exact) mass is 254 g/mol. The molecule has 5 heteroatoms. The van der Waals surface area contributed by atoms with E-state index in [1.807, 2.05) is 10.8 Å². The van der Waals surface area contributed by atoms with Gasteiger partial charge in [0, 0.05) is 9.75 Å². The SMILES string of the molecule is O=C(O)CC(O)(c1cccs1)c1cccs1. The lowest BCUT2D eigenvalue weighted by atomic mass is 9.96. The molecule has 0 saturated carbocycles. The van der Waals surface area contributed by atoms with Crippen LogP contribution >= 0.6 is 22.7 Å². The van der Waals surface area contributed by atoms with Gasteiger partial charge in [0.2, 0.25) is 0 Å². The minimum atomic E-state index is -1.39. The van der Waals surface area contributed by atoms with Crippen molar-refractivity contribution in [1.29, 1.82) is 0 Å². The smallest absolute Gasteiger partial charge is 0.307 e. The summed E-state index contributed by atoms with van der Waals surface area (Å²) in [6.07, 6.45) is -0.311. The Morgan fingerprint density at radius 3 is 2.00 bits per heavy atom. The van der Waals surface area contributed by atoms with Crippen LogP contribution in [0.1, 0.15) is 16.2 Å². The second-order valence-corrected chi connectivity index (χ2v) is 5.28. The van der Waals surface area contributed by atoms with Crippen LogP contribution < -0.4 is 0 Å². The van der Waals surface area contributed by atoms with Gasteiger partial charge in [0.05, 0.1) is 6.42 Å². The topological polar surface area (TPSA) is 57.5 Å². The maximum Gasteiger partial charge on any atom is 0.307 e. The van der Waals surface area contributed by atoms with Crippen molar-refractivity contribution in [3.63, 3.8) is 0 Å². The molecule has 2 heterocycles. The normalized spacial score (nSPS) is 11.6. The molecule has 16 heavy (non-hydrogen) atoms. The van der Waals surface area contributed by atoms with Crippen molar-refractivity contribution in [2.24, 2.45) is 0 Å². The van der Waals surface area contributed by atoms with Crippen molar-refractivity contribution in [2.75, 3.05) is 0 Å². The molecule has 0 unspecified atom stereocenters. The second kappa shape index (κ2) is 4.37. The van der Waals surface area contributed by atoms with Crippen molar-refractivity contribution < 1.29 is 15.0 Å². The summed E-state index contributed by atoms with van der Waals surface area (Å²) in [5, 5.41) is 23.1. The van der Waals surface area contributed by atoms with Crippen molar-refractivity contribution in [3.8, 4) is 0 Å². The molecule has 0 fully saturated rings. The summed E-state index contributed by atoms with van der Waals surface area (Å²) in [5.41, 5.74) is -1.39. The van der Waals surface area contributed by atoms with Crippen molar-refractivity contribution in [1.82, 2.24) is 0 Å². The van der Waals surface area contributed by atoms with E-state index in [-0.39, 0.29) is 6.42 Å². The molecular formula is C11H10O3S2. The highest BCUT2D eigenvalue weighted by atomic mass is 32.1. The summed E-state index contributed by atoms with van der Waals surface area (Å²) in [6, 6.07) is 7.13. The Morgan fingerprint density at radius 2 is 1.69 bits per heavy atom. The molecule has 0 aromatic carbocycles. The molecule has 2 aromatic rings. The quantitative estimate of drug-likeness (QED) is 0.881. The highest BCUT2D eigenvalue weighted by Crippen LogP contribution is 2.38. The summed E-state index contributed by atoms with van der Waals surface area (Å²) in [6.45, 7) is 0. The van der Waals surface area contributed by atoms with Crippen LogP contribution in [-0.2, 0) is 10.4 Å². The van der Waals surface area contributed by atoms with Crippen LogP contribution in [0.3, 0.4) is 0 Å². The number of carboxylic acid groups (broad SMARTS) is 1. The zero-order chi connectivity index (χ0) is 11.6. The Hall–Kier alpha value is -1.17. The van der Waals surface area contributed by atoms with Gasteiger partial charge in [-0.1, -0.05) is 12.1 Å². The Kier molecular flexibility index (Phi) is 3.09. The van der Waals surface area contributed by atoms with E-state index in [0.717, 1.165) is 0 Å². The van der Waals surface area contributed by atoms with Crippen LogP contribution in [0.25, 0.3) is 0 Å². The van der Waals surface area contributed by atoms with Crippen LogP contribution in [0.2, 0.25) is 0 Å². The fourth-order valence-electron chi connectivity index (χ4n) is 1.54. The molecule has 2 rings (SSSR count). The average Bonchev–Trinajstić information content (AvgIpc) is 2.91. The molecular weight excluding hydrogens is 244 g/mol. The zero-order valence-corrected chi connectivity index (χ0v) is 9.92. The third kappa shape index (κ3) is 2.02. The Bertz CT molecular complexity index is 425. The summed E-state index contributed by atoms with van der Waals surface area (Å²) < 4.78 is 0. The van der Waals surface area contributed by atoms with E-state index in [9.17, 15) is 9.90 Å². The first-order valence-corrected chi connectivity index (χ1v) is 6.41. The molecule has 0 amide bonds. The number of thiophene rings is 2. The molecule has 3 nitrogen and oxygen atoms in total. The number of hydrogen-bond acceptors (Lipinski definition) is 4. The summed E-state index contributed by atoms with van der Waals surface area (Å²) in [4.78, 5) is 12.2. The minimum absolute atomic E-state index is 0.311. The van der Waals surface area contributed by atoms with E-state index >= 15 is 0 Å². The third-order valence-electron chi connectivity index (χ3n) is 2.26. The largest absolute Gasteiger partial charge is 0.481 e. The van der Waals surface area contributed by atoms with Gasteiger partial charge >= 0.3 is 5.97 Å². The van der Waals surface area contributed by atoms with Gasteiger partial charge in [-0.3, -0.25) is 4.79 Å². The lowest BCUT2D eigenvalue weighted by molar-refractivity contribution is -0.141. The first kappa shape index (κ1) is 11.3. The summed E-state index contributed by atoms with van der Waals surface area (Å²) in [5.74, 6) is -1.01. The molecule has 0 aliphatic carbocycles. The van der Waals surface area contributed by atoms with Crippen molar-refractivity contribution >= 4 is 28.6 Å². The van der Waals surface area contributed by atoms with Crippen molar-refractivity contribution in [2.45, 2.75) is 12.0 Å². The van der Waals surface area contributed by atoms with E-state index in [0.29, 0.717) is 9.75 Å². The zero-order valence-electron chi connectivity index (χ0n) is 8.29. The first-order valence-electron chi connectivity index (χ1n) is 4.65. The van der Waals surface area contributed by atoms with Crippen LogP contribution in [0.5, 0.6) is 0 Å². The Labute approximate surface area is 101 Å². The first-order chi connectivity index (χ1) is 7.63. The maximum atomic E-state index is 10.9. The van der Waals surface area contributed by atoms with Crippen LogP contribution in [-0.4, -0.2) is 16.2 Å². The van der Waals surface area contributed by atoms with E-state index in [1.165, 1.54) is 22.7 Å². The van der Waals surface area contributed by atoms with Gasteiger partial charge in [0.15, 0.2) is 0 Å². The number of rotatable bonds is 4. The van der Waals surface area contributed by atoms with Gasteiger partial charge in [0.1, 0.15) is 5.60 Å². The van der Waals surface area contributed by atoms with Crippen LogP contribution in [0.4, 0.5) is 0 Å². The Balaban J connectivity index is 2.45. The van der Waals surface area contributed by atoms with Gasteiger partial charge in [0.25, 0.3) is 0 Å². The molecule has 0 radical (unpaired) electrons. The average molecular weight is 254 g/mol. The van der Waals surface area contributed by atoms with Crippen molar-refractivity contribution in [3.05, 3.63) is 44.8 Å². The van der Waals surface area contributed by atoms with E-state index < -0.39 is 11.6 Å². The molecule has 0 aliphatic rings. The molecule has 0 spiro atoms. The highest BCUT2D eigenvalue weighted by molar-refractivity contribution is 7.11. The number of aliphatic carboxylic acids is 1. The lowest BCUT2D eigenvalue weighted by Crippen LogP contribution is -2.28. The van der Waals surface area contributed by atoms with Gasteiger partial charge in [-0.25, -0.2) is 0 Å². The molecule has 2 aromatic heterocycles.